The fourth-order valence-electron chi connectivity index (χ4n) is 1.73. The first-order valence-corrected chi connectivity index (χ1v) is 4.56. The predicted octanol–water partition coefficient (Wildman–Crippen LogP) is 1.65. The Kier molecular flexibility index (Phi) is 3.04. The molecule has 0 spiro atoms. The van der Waals surface area contributed by atoms with Gasteiger partial charge in [0.05, 0.1) is 0 Å². The molecule has 0 atom stereocenters. The van der Waals surface area contributed by atoms with E-state index >= 15 is 0 Å². The summed E-state index contributed by atoms with van der Waals surface area (Å²) < 4.78 is 0. The molecular formula is C10H17NO. The maximum absolute atomic E-state index is 11.5. The average Bonchev–Trinajstić information content (AvgIpc) is 2.04. The van der Waals surface area contributed by atoms with Gasteiger partial charge < -0.3 is 5.73 Å². The number of hydrogen-bond donors (Lipinski definition) is 1. The standard InChI is InChI=1S/C10H17NO/c1-7(2)10(12)8-3-5-9(11)6-4-8/h8-9H,1,3-6,11H2,2H3. The van der Waals surface area contributed by atoms with Gasteiger partial charge in [-0.2, -0.15) is 0 Å². The van der Waals surface area contributed by atoms with Gasteiger partial charge in [-0.3, -0.25) is 4.79 Å². The molecule has 2 N–H and O–H groups in total. The van der Waals surface area contributed by atoms with E-state index in [2.05, 4.69) is 6.58 Å². The molecule has 0 saturated heterocycles. The normalized spacial score (nSPS) is 29.8. The summed E-state index contributed by atoms with van der Waals surface area (Å²) in [6, 6.07) is 0.319. The van der Waals surface area contributed by atoms with Crippen molar-refractivity contribution >= 4 is 5.78 Å². The molecule has 2 heteroatoms. The maximum atomic E-state index is 11.5. The van der Waals surface area contributed by atoms with Crippen LogP contribution in [0.2, 0.25) is 0 Å². The van der Waals surface area contributed by atoms with Gasteiger partial charge in [0.2, 0.25) is 0 Å². The third-order valence-corrected chi connectivity index (χ3v) is 2.56. The van der Waals surface area contributed by atoms with E-state index in [4.69, 9.17) is 5.73 Å². The van der Waals surface area contributed by atoms with Gasteiger partial charge in [-0.05, 0) is 38.2 Å². The number of carbonyl (C=O) groups excluding carboxylic acids is 1. The van der Waals surface area contributed by atoms with Crippen LogP contribution in [0.15, 0.2) is 12.2 Å². The minimum absolute atomic E-state index is 0.210. The van der Waals surface area contributed by atoms with Crippen molar-refractivity contribution in [2.75, 3.05) is 0 Å². The molecule has 0 bridgehead atoms. The van der Waals surface area contributed by atoms with Crippen LogP contribution in [-0.4, -0.2) is 11.8 Å². The fraction of sp³-hybridized carbons (Fsp3) is 0.700. The Morgan fingerprint density at radius 2 is 1.83 bits per heavy atom. The van der Waals surface area contributed by atoms with Crippen molar-refractivity contribution in [2.45, 2.75) is 38.6 Å². The summed E-state index contributed by atoms with van der Waals surface area (Å²) in [5.74, 6) is 0.448. The van der Waals surface area contributed by atoms with Gasteiger partial charge in [-0.15, -0.1) is 0 Å². The Bertz CT molecular complexity index is 190. The van der Waals surface area contributed by atoms with Crippen LogP contribution in [0.3, 0.4) is 0 Å². The molecule has 0 unspecified atom stereocenters. The Labute approximate surface area is 73.8 Å². The summed E-state index contributed by atoms with van der Waals surface area (Å²) >= 11 is 0. The number of Topliss-reactive ketones (excluding diaryl/α,β-unsaturated/α-hetero) is 1. The van der Waals surface area contributed by atoms with E-state index in [9.17, 15) is 4.79 Å². The van der Waals surface area contributed by atoms with Crippen molar-refractivity contribution in [2.24, 2.45) is 11.7 Å². The lowest BCUT2D eigenvalue weighted by atomic mass is 9.82. The number of hydrogen-bond acceptors (Lipinski definition) is 2. The van der Waals surface area contributed by atoms with Gasteiger partial charge in [-0.1, -0.05) is 6.58 Å². The van der Waals surface area contributed by atoms with Crippen LogP contribution in [0, 0.1) is 5.92 Å². The van der Waals surface area contributed by atoms with Gasteiger partial charge in [0, 0.05) is 12.0 Å². The highest BCUT2D eigenvalue weighted by molar-refractivity contribution is 5.96. The van der Waals surface area contributed by atoms with Crippen LogP contribution in [0.4, 0.5) is 0 Å². The molecular weight excluding hydrogens is 150 g/mol. The minimum Gasteiger partial charge on any atom is -0.328 e. The Hall–Kier alpha value is -0.630. The van der Waals surface area contributed by atoms with Crippen LogP contribution in [0.5, 0.6) is 0 Å². The molecule has 0 aromatic carbocycles. The lowest BCUT2D eigenvalue weighted by Gasteiger charge is -2.24. The molecule has 1 aliphatic carbocycles. The second kappa shape index (κ2) is 3.85. The van der Waals surface area contributed by atoms with Crippen LogP contribution >= 0.6 is 0 Å². The lowest BCUT2D eigenvalue weighted by molar-refractivity contribution is -0.120. The highest BCUT2D eigenvalue weighted by atomic mass is 16.1. The first kappa shape index (κ1) is 9.46. The minimum atomic E-state index is 0.210. The summed E-state index contributed by atoms with van der Waals surface area (Å²) in [7, 11) is 0. The molecule has 12 heavy (non-hydrogen) atoms. The zero-order chi connectivity index (χ0) is 9.14. The van der Waals surface area contributed by atoms with Crippen molar-refractivity contribution < 1.29 is 4.79 Å². The van der Waals surface area contributed by atoms with Crippen LogP contribution in [0.1, 0.15) is 32.6 Å². The third kappa shape index (κ3) is 2.18. The number of nitrogens with two attached hydrogens (primary N) is 1. The molecule has 2 nitrogen and oxygen atoms in total. The zero-order valence-corrected chi connectivity index (χ0v) is 7.68. The van der Waals surface area contributed by atoms with Gasteiger partial charge in [0.25, 0.3) is 0 Å². The van der Waals surface area contributed by atoms with Crippen LogP contribution in [0.25, 0.3) is 0 Å². The maximum Gasteiger partial charge on any atom is 0.161 e. The van der Waals surface area contributed by atoms with Crippen molar-refractivity contribution in [3.8, 4) is 0 Å². The zero-order valence-electron chi connectivity index (χ0n) is 7.68. The monoisotopic (exact) mass is 167 g/mol. The Balaban J connectivity index is 2.44. The van der Waals surface area contributed by atoms with E-state index in [0.29, 0.717) is 11.6 Å². The summed E-state index contributed by atoms with van der Waals surface area (Å²) in [4.78, 5) is 11.5. The molecule has 0 heterocycles. The first-order valence-electron chi connectivity index (χ1n) is 4.56. The molecule has 1 fully saturated rings. The quantitative estimate of drug-likeness (QED) is 0.635. The summed E-state index contributed by atoms with van der Waals surface area (Å²) in [5.41, 5.74) is 6.43. The molecule has 1 rings (SSSR count). The predicted molar refractivity (Wildman–Crippen MR) is 49.8 cm³/mol. The van der Waals surface area contributed by atoms with Crippen molar-refractivity contribution in [3.63, 3.8) is 0 Å². The van der Waals surface area contributed by atoms with Gasteiger partial charge in [0.1, 0.15) is 0 Å². The molecule has 1 saturated carbocycles. The average molecular weight is 167 g/mol. The van der Waals surface area contributed by atoms with Crippen molar-refractivity contribution in [3.05, 3.63) is 12.2 Å². The second-order valence-electron chi connectivity index (χ2n) is 3.76. The van der Waals surface area contributed by atoms with Crippen LogP contribution in [-0.2, 0) is 4.79 Å². The summed E-state index contributed by atoms with van der Waals surface area (Å²) in [6.45, 7) is 5.46. The Morgan fingerprint density at radius 3 is 2.25 bits per heavy atom. The van der Waals surface area contributed by atoms with E-state index in [1.807, 2.05) is 0 Å². The molecule has 68 valence electrons. The van der Waals surface area contributed by atoms with E-state index in [1.165, 1.54) is 0 Å². The van der Waals surface area contributed by atoms with Crippen LogP contribution < -0.4 is 5.73 Å². The number of allylic oxidation sites excluding steroid dienone is 1. The highest BCUT2D eigenvalue weighted by Gasteiger charge is 2.24. The van der Waals surface area contributed by atoms with E-state index < -0.39 is 0 Å². The van der Waals surface area contributed by atoms with E-state index in [0.717, 1.165) is 25.7 Å². The second-order valence-corrected chi connectivity index (χ2v) is 3.76. The summed E-state index contributed by atoms with van der Waals surface area (Å²) in [6.07, 6.45) is 3.88. The van der Waals surface area contributed by atoms with Gasteiger partial charge in [-0.25, -0.2) is 0 Å². The van der Waals surface area contributed by atoms with Crippen molar-refractivity contribution in [1.29, 1.82) is 0 Å². The molecule has 1 aliphatic rings. The molecule has 0 aromatic heterocycles. The number of carbonyl (C=O) groups is 1. The van der Waals surface area contributed by atoms with Gasteiger partial charge >= 0.3 is 0 Å². The topological polar surface area (TPSA) is 43.1 Å². The number of rotatable bonds is 2. The van der Waals surface area contributed by atoms with Gasteiger partial charge in [0.15, 0.2) is 5.78 Å². The van der Waals surface area contributed by atoms with E-state index in [1.54, 1.807) is 6.92 Å². The molecule has 0 aliphatic heterocycles. The largest absolute Gasteiger partial charge is 0.328 e. The lowest BCUT2D eigenvalue weighted by Crippen LogP contribution is -2.29. The third-order valence-electron chi connectivity index (χ3n) is 2.56. The number of ketones is 1. The summed E-state index contributed by atoms with van der Waals surface area (Å²) in [5, 5.41) is 0. The first-order chi connectivity index (χ1) is 5.61. The highest BCUT2D eigenvalue weighted by Crippen LogP contribution is 2.25. The smallest absolute Gasteiger partial charge is 0.161 e. The van der Waals surface area contributed by atoms with Crippen molar-refractivity contribution in [1.82, 2.24) is 0 Å². The molecule has 0 amide bonds. The molecule has 0 aromatic rings. The Morgan fingerprint density at radius 1 is 1.33 bits per heavy atom. The fourth-order valence-corrected chi connectivity index (χ4v) is 1.73. The molecule has 0 radical (unpaired) electrons. The van der Waals surface area contributed by atoms with E-state index in [-0.39, 0.29) is 11.7 Å². The SMILES string of the molecule is C=C(C)C(=O)C1CCC(N)CC1.